The highest BCUT2D eigenvalue weighted by molar-refractivity contribution is 7.90. The molecule has 0 amide bonds. The normalized spacial score (nSPS) is 11.7. The molecule has 0 aliphatic heterocycles. The van der Waals surface area contributed by atoms with E-state index in [-0.39, 0.29) is 4.90 Å². The molecule has 0 fully saturated rings. The van der Waals surface area contributed by atoms with E-state index < -0.39 is 10.0 Å². The molecule has 3 heterocycles. The minimum atomic E-state index is -3.74. The molecular weight excluding hydrogens is 334 g/mol. The number of aryl methyl sites for hydroxylation is 1. The predicted octanol–water partition coefficient (Wildman–Crippen LogP) is 3.64. The van der Waals surface area contributed by atoms with Crippen molar-refractivity contribution >= 4 is 21.1 Å². The Labute approximate surface area is 145 Å². The van der Waals surface area contributed by atoms with Crippen molar-refractivity contribution in [2.45, 2.75) is 11.8 Å². The van der Waals surface area contributed by atoms with Crippen LogP contribution in [0.3, 0.4) is 0 Å². The maximum absolute atomic E-state index is 13.1. The van der Waals surface area contributed by atoms with E-state index in [0.29, 0.717) is 11.3 Å². The molecule has 0 radical (unpaired) electrons. The molecule has 0 saturated heterocycles. The summed E-state index contributed by atoms with van der Waals surface area (Å²) in [5.41, 5.74) is 2.84. The zero-order chi connectivity index (χ0) is 17.4. The van der Waals surface area contributed by atoms with Gasteiger partial charge in [-0.3, -0.25) is 4.98 Å². The third kappa shape index (κ3) is 2.60. The SMILES string of the molecule is Cc1ccc(S(=O)(=O)n2cc(-c3ccccn3)c3cccnc32)cc1. The summed E-state index contributed by atoms with van der Waals surface area (Å²) in [6.45, 7) is 1.92. The highest BCUT2D eigenvalue weighted by Gasteiger charge is 2.22. The van der Waals surface area contributed by atoms with Crippen LogP contribution in [0.2, 0.25) is 0 Å². The molecule has 6 heteroatoms. The molecule has 0 aliphatic carbocycles. The molecule has 0 saturated carbocycles. The Kier molecular flexibility index (Phi) is 3.62. The lowest BCUT2D eigenvalue weighted by Crippen LogP contribution is -2.12. The molecule has 0 bridgehead atoms. The van der Waals surface area contributed by atoms with Gasteiger partial charge in [-0.25, -0.2) is 17.4 Å². The van der Waals surface area contributed by atoms with Crippen molar-refractivity contribution in [2.75, 3.05) is 0 Å². The topological polar surface area (TPSA) is 64.8 Å². The van der Waals surface area contributed by atoms with Gasteiger partial charge in [0.15, 0.2) is 5.65 Å². The number of benzene rings is 1. The average molecular weight is 349 g/mol. The first kappa shape index (κ1) is 15.5. The first-order valence-corrected chi connectivity index (χ1v) is 9.21. The third-order valence-corrected chi connectivity index (χ3v) is 5.71. The van der Waals surface area contributed by atoms with Gasteiger partial charge in [0.2, 0.25) is 0 Å². The summed E-state index contributed by atoms with van der Waals surface area (Å²) in [4.78, 5) is 8.87. The van der Waals surface area contributed by atoms with Gasteiger partial charge in [-0.1, -0.05) is 23.8 Å². The van der Waals surface area contributed by atoms with E-state index in [2.05, 4.69) is 9.97 Å². The fraction of sp³-hybridized carbons (Fsp3) is 0.0526. The lowest BCUT2D eigenvalue weighted by atomic mass is 10.1. The van der Waals surface area contributed by atoms with Crippen LogP contribution < -0.4 is 0 Å². The summed E-state index contributed by atoms with van der Waals surface area (Å²) in [7, 11) is -3.74. The van der Waals surface area contributed by atoms with Crippen LogP contribution in [-0.2, 0) is 10.0 Å². The molecule has 124 valence electrons. The van der Waals surface area contributed by atoms with Crippen LogP contribution in [0.1, 0.15) is 5.56 Å². The summed E-state index contributed by atoms with van der Waals surface area (Å²) in [5.74, 6) is 0. The minimum Gasteiger partial charge on any atom is -0.256 e. The van der Waals surface area contributed by atoms with Crippen molar-refractivity contribution in [3.8, 4) is 11.3 Å². The molecule has 0 N–H and O–H groups in total. The van der Waals surface area contributed by atoms with E-state index in [9.17, 15) is 8.42 Å². The fourth-order valence-corrected chi connectivity index (χ4v) is 4.09. The lowest BCUT2D eigenvalue weighted by Gasteiger charge is -2.07. The van der Waals surface area contributed by atoms with Gasteiger partial charge in [0, 0.05) is 29.5 Å². The highest BCUT2D eigenvalue weighted by Crippen LogP contribution is 2.30. The Hall–Kier alpha value is -2.99. The van der Waals surface area contributed by atoms with Crippen LogP contribution in [0.4, 0.5) is 0 Å². The van der Waals surface area contributed by atoms with E-state index in [1.54, 1.807) is 48.9 Å². The van der Waals surface area contributed by atoms with Gasteiger partial charge in [-0.2, -0.15) is 0 Å². The van der Waals surface area contributed by atoms with Crippen molar-refractivity contribution < 1.29 is 8.42 Å². The maximum Gasteiger partial charge on any atom is 0.269 e. The summed E-state index contributed by atoms with van der Waals surface area (Å²) in [6.07, 6.45) is 4.87. The lowest BCUT2D eigenvalue weighted by molar-refractivity contribution is 0.589. The number of aromatic nitrogens is 3. The zero-order valence-electron chi connectivity index (χ0n) is 13.5. The predicted molar refractivity (Wildman–Crippen MR) is 96.7 cm³/mol. The molecule has 3 aromatic heterocycles. The first-order valence-electron chi connectivity index (χ1n) is 7.77. The van der Waals surface area contributed by atoms with Crippen molar-refractivity contribution in [2.24, 2.45) is 0 Å². The Morgan fingerprint density at radius 3 is 2.36 bits per heavy atom. The molecule has 5 nitrogen and oxygen atoms in total. The molecule has 1 aromatic carbocycles. The number of rotatable bonds is 3. The second-order valence-electron chi connectivity index (χ2n) is 5.75. The van der Waals surface area contributed by atoms with Crippen LogP contribution in [-0.4, -0.2) is 22.4 Å². The summed E-state index contributed by atoms with van der Waals surface area (Å²) < 4.78 is 27.4. The number of hydrogen-bond acceptors (Lipinski definition) is 4. The van der Waals surface area contributed by atoms with Crippen LogP contribution in [0, 0.1) is 6.92 Å². The summed E-state index contributed by atoms with van der Waals surface area (Å²) >= 11 is 0. The Morgan fingerprint density at radius 2 is 1.64 bits per heavy atom. The van der Waals surface area contributed by atoms with Crippen molar-refractivity contribution in [1.82, 2.24) is 13.9 Å². The standard InChI is InChI=1S/C19H15N3O2S/c1-14-7-9-15(10-8-14)25(23,24)22-13-17(18-6-2-3-11-20-18)16-5-4-12-21-19(16)22/h2-13H,1H3. The molecule has 4 rings (SSSR count). The number of pyridine rings is 2. The van der Waals surface area contributed by atoms with E-state index in [1.807, 2.05) is 31.2 Å². The quantitative estimate of drug-likeness (QED) is 0.566. The smallest absolute Gasteiger partial charge is 0.256 e. The monoisotopic (exact) mass is 349 g/mol. The second-order valence-corrected chi connectivity index (χ2v) is 7.56. The van der Waals surface area contributed by atoms with Crippen LogP contribution in [0.5, 0.6) is 0 Å². The van der Waals surface area contributed by atoms with Crippen LogP contribution in [0.25, 0.3) is 22.3 Å². The zero-order valence-corrected chi connectivity index (χ0v) is 14.3. The van der Waals surface area contributed by atoms with Crippen molar-refractivity contribution in [3.63, 3.8) is 0 Å². The van der Waals surface area contributed by atoms with Gasteiger partial charge in [-0.05, 0) is 43.3 Å². The summed E-state index contributed by atoms with van der Waals surface area (Å²) in [5, 5.41) is 0.747. The summed E-state index contributed by atoms with van der Waals surface area (Å²) in [6, 6.07) is 16.0. The maximum atomic E-state index is 13.1. The second kappa shape index (κ2) is 5.82. The number of fused-ring (bicyclic) bond motifs is 1. The average Bonchev–Trinajstić information content (AvgIpc) is 3.03. The number of nitrogens with zero attached hydrogens (tertiary/aromatic N) is 3. The van der Waals surface area contributed by atoms with Gasteiger partial charge in [0.25, 0.3) is 10.0 Å². The molecule has 0 atom stereocenters. The van der Waals surface area contributed by atoms with Crippen molar-refractivity contribution in [3.05, 3.63) is 78.8 Å². The molecular formula is C19H15N3O2S. The van der Waals surface area contributed by atoms with E-state index in [0.717, 1.165) is 16.5 Å². The Morgan fingerprint density at radius 1 is 0.880 bits per heavy atom. The fourth-order valence-electron chi connectivity index (χ4n) is 2.76. The Bertz CT molecular complexity index is 1150. The van der Waals surface area contributed by atoms with E-state index >= 15 is 0 Å². The molecule has 0 spiro atoms. The van der Waals surface area contributed by atoms with Gasteiger partial charge in [-0.15, -0.1) is 0 Å². The van der Waals surface area contributed by atoms with E-state index in [1.165, 1.54) is 3.97 Å². The largest absolute Gasteiger partial charge is 0.269 e. The van der Waals surface area contributed by atoms with Crippen LogP contribution in [0.15, 0.2) is 78.1 Å². The van der Waals surface area contributed by atoms with Gasteiger partial charge in [0.05, 0.1) is 10.6 Å². The third-order valence-electron chi connectivity index (χ3n) is 4.05. The first-order chi connectivity index (χ1) is 12.1. The Balaban J connectivity index is 1.98. The van der Waals surface area contributed by atoms with Gasteiger partial charge in [0.1, 0.15) is 0 Å². The molecule has 25 heavy (non-hydrogen) atoms. The molecule has 0 unspecified atom stereocenters. The van der Waals surface area contributed by atoms with Crippen LogP contribution >= 0.6 is 0 Å². The van der Waals surface area contributed by atoms with Gasteiger partial charge >= 0.3 is 0 Å². The molecule has 0 aliphatic rings. The van der Waals surface area contributed by atoms with E-state index in [4.69, 9.17) is 0 Å². The minimum absolute atomic E-state index is 0.230. The number of hydrogen-bond donors (Lipinski definition) is 0. The van der Waals surface area contributed by atoms with Crippen molar-refractivity contribution in [1.29, 1.82) is 0 Å². The molecule has 4 aromatic rings. The van der Waals surface area contributed by atoms with Gasteiger partial charge < -0.3 is 0 Å². The highest BCUT2D eigenvalue weighted by atomic mass is 32.2.